The highest BCUT2D eigenvalue weighted by atomic mass is 79.9. The first-order valence-corrected chi connectivity index (χ1v) is 8.99. The summed E-state index contributed by atoms with van der Waals surface area (Å²) in [5.74, 6) is 1.19. The third-order valence-electron chi connectivity index (χ3n) is 3.39. The van der Waals surface area contributed by atoms with E-state index in [1.165, 1.54) is 6.92 Å². The summed E-state index contributed by atoms with van der Waals surface area (Å²) in [6.45, 7) is 3.20. The van der Waals surface area contributed by atoms with Gasteiger partial charge in [0.15, 0.2) is 5.82 Å². The van der Waals surface area contributed by atoms with E-state index in [2.05, 4.69) is 30.6 Å². The number of carbonyl (C=O) groups excluding carboxylic acids is 2. The molecule has 3 rings (SSSR count). The van der Waals surface area contributed by atoms with Gasteiger partial charge in [0.1, 0.15) is 17.3 Å². The van der Waals surface area contributed by atoms with E-state index < -0.39 is 0 Å². The zero-order valence-corrected chi connectivity index (χ0v) is 15.9. The Labute approximate surface area is 156 Å². The fraction of sp³-hybridized carbons (Fsp3) is 0.176. The summed E-state index contributed by atoms with van der Waals surface area (Å²) < 4.78 is 10.7. The molecule has 0 spiro atoms. The molecule has 0 aliphatic heterocycles. The maximum absolute atomic E-state index is 12.5. The number of hydrogen-bond acceptors (Lipinski definition) is 6. The van der Waals surface area contributed by atoms with Crippen LogP contribution in [0, 0.1) is 6.92 Å². The number of hydrogen-bond donors (Lipinski definition) is 1. The SMILES string of the molecule is CC(=O)Cc1nsc(NC(=O)c2cc(-c3ccc(Br)cc3)oc2C)n1. The van der Waals surface area contributed by atoms with E-state index in [-0.39, 0.29) is 18.1 Å². The van der Waals surface area contributed by atoms with Crippen LogP contribution in [-0.4, -0.2) is 21.0 Å². The Balaban J connectivity index is 1.77. The molecule has 2 heterocycles. The van der Waals surface area contributed by atoms with Crippen molar-refractivity contribution >= 4 is 44.3 Å². The highest BCUT2D eigenvalue weighted by Crippen LogP contribution is 2.27. The fourth-order valence-electron chi connectivity index (χ4n) is 2.23. The van der Waals surface area contributed by atoms with Gasteiger partial charge in [-0.2, -0.15) is 4.37 Å². The highest BCUT2D eigenvalue weighted by molar-refractivity contribution is 9.10. The second-order valence-electron chi connectivity index (χ2n) is 5.44. The van der Waals surface area contributed by atoms with Crippen molar-refractivity contribution in [1.82, 2.24) is 9.36 Å². The van der Waals surface area contributed by atoms with Crippen LogP contribution in [0.25, 0.3) is 11.3 Å². The molecule has 0 bridgehead atoms. The number of rotatable bonds is 5. The van der Waals surface area contributed by atoms with Crippen LogP contribution in [0.1, 0.15) is 28.9 Å². The van der Waals surface area contributed by atoms with E-state index in [4.69, 9.17) is 4.42 Å². The Kier molecular flexibility index (Phi) is 5.10. The molecule has 128 valence electrons. The van der Waals surface area contributed by atoms with Crippen LogP contribution in [0.2, 0.25) is 0 Å². The Bertz CT molecular complexity index is 931. The lowest BCUT2D eigenvalue weighted by molar-refractivity contribution is -0.116. The summed E-state index contributed by atoms with van der Waals surface area (Å²) in [5, 5.41) is 3.05. The van der Waals surface area contributed by atoms with Gasteiger partial charge in [-0.3, -0.25) is 14.9 Å². The molecule has 8 heteroatoms. The molecule has 0 saturated carbocycles. The zero-order valence-electron chi connectivity index (χ0n) is 13.5. The average molecular weight is 420 g/mol. The number of nitrogens with zero attached hydrogens (tertiary/aromatic N) is 2. The molecule has 1 aromatic carbocycles. The lowest BCUT2D eigenvalue weighted by Gasteiger charge is -1.98. The predicted molar refractivity (Wildman–Crippen MR) is 98.8 cm³/mol. The molecule has 0 aliphatic rings. The van der Waals surface area contributed by atoms with Crippen molar-refractivity contribution < 1.29 is 14.0 Å². The second kappa shape index (κ2) is 7.28. The van der Waals surface area contributed by atoms with Crippen molar-refractivity contribution in [2.75, 3.05) is 5.32 Å². The quantitative estimate of drug-likeness (QED) is 0.667. The van der Waals surface area contributed by atoms with Crippen molar-refractivity contribution in [3.63, 3.8) is 0 Å². The molecule has 0 unspecified atom stereocenters. The normalized spacial score (nSPS) is 10.7. The lowest BCUT2D eigenvalue weighted by atomic mass is 10.1. The minimum atomic E-state index is -0.324. The molecule has 2 aromatic heterocycles. The van der Waals surface area contributed by atoms with Gasteiger partial charge in [0, 0.05) is 21.6 Å². The van der Waals surface area contributed by atoms with E-state index in [9.17, 15) is 9.59 Å². The van der Waals surface area contributed by atoms with Crippen molar-refractivity contribution in [1.29, 1.82) is 0 Å². The maximum atomic E-state index is 12.5. The molecule has 0 fully saturated rings. The molecular formula is C17H14BrN3O3S. The van der Waals surface area contributed by atoms with Gasteiger partial charge in [-0.15, -0.1) is 0 Å². The molecule has 6 nitrogen and oxygen atoms in total. The number of furan rings is 1. The van der Waals surface area contributed by atoms with Gasteiger partial charge in [-0.05, 0) is 32.0 Å². The first kappa shape index (κ1) is 17.5. The first-order chi connectivity index (χ1) is 11.9. The summed E-state index contributed by atoms with van der Waals surface area (Å²) in [6.07, 6.45) is 0.158. The molecule has 0 atom stereocenters. The Morgan fingerprint density at radius 1 is 1.28 bits per heavy atom. The van der Waals surface area contributed by atoms with E-state index in [1.54, 1.807) is 13.0 Å². The Hall–Kier alpha value is -2.32. The van der Waals surface area contributed by atoms with Gasteiger partial charge in [-0.25, -0.2) is 4.98 Å². The third kappa shape index (κ3) is 4.21. The molecule has 25 heavy (non-hydrogen) atoms. The monoisotopic (exact) mass is 419 g/mol. The number of amides is 1. The summed E-state index contributed by atoms with van der Waals surface area (Å²) in [5.41, 5.74) is 1.31. The summed E-state index contributed by atoms with van der Waals surface area (Å²) in [6, 6.07) is 9.33. The number of ketones is 1. The van der Waals surface area contributed by atoms with E-state index in [1.807, 2.05) is 24.3 Å². The standard InChI is InChI=1S/C17H14BrN3O3S/c1-9(22)7-15-19-17(25-21-15)20-16(23)13-8-14(24-10(13)2)11-3-5-12(18)6-4-11/h3-6,8H,7H2,1-2H3,(H,19,20,21,23). The molecule has 0 aliphatic carbocycles. The zero-order chi connectivity index (χ0) is 18.0. The topological polar surface area (TPSA) is 85.1 Å². The van der Waals surface area contributed by atoms with E-state index in [0.29, 0.717) is 28.0 Å². The van der Waals surface area contributed by atoms with E-state index >= 15 is 0 Å². The van der Waals surface area contributed by atoms with Gasteiger partial charge in [0.05, 0.1) is 12.0 Å². The maximum Gasteiger partial charge on any atom is 0.261 e. The number of carbonyl (C=O) groups is 2. The number of aromatic nitrogens is 2. The summed E-state index contributed by atoms with van der Waals surface area (Å²) in [4.78, 5) is 27.7. The van der Waals surface area contributed by atoms with Crippen LogP contribution >= 0.6 is 27.5 Å². The summed E-state index contributed by atoms with van der Waals surface area (Å²) in [7, 11) is 0. The average Bonchev–Trinajstić information content (AvgIpc) is 3.14. The van der Waals surface area contributed by atoms with Gasteiger partial charge >= 0.3 is 0 Å². The van der Waals surface area contributed by atoms with Gasteiger partial charge < -0.3 is 4.42 Å². The summed E-state index contributed by atoms with van der Waals surface area (Å²) >= 11 is 4.43. The minimum Gasteiger partial charge on any atom is -0.461 e. The number of benzene rings is 1. The molecular weight excluding hydrogens is 406 g/mol. The third-order valence-corrected chi connectivity index (χ3v) is 4.58. The Morgan fingerprint density at radius 3 is 2.68 bits per heavy atom. The molecule has 0 radical (unpaired) electrons. The largest absolute Gasteiger partial charge is 0.461 e. The lowest BCUT2D eigenvalue weighted by Crippen LogP contribution is -2.12. The van der Waals surface area contributed by atoms with Crippen LogP contribution in [0.4, 0.5) is 5.13 Å². The van der Waals surface area contributed by atoms with Crippen LogP contribution in [-0.2, 0) is 11.2 Å². The fourth-order valence-corrected chi connectivity index (χ4v) is 3.07. The molecule has 3 aromatic rings. The first-order valence-electron chi connectivity index (χ1n) is 7.42. The van der Waals surface area contributed by atoms with Crippen LogP contribution in [0.15, 0.2) is 39.2 Å². The van der Waals surface area contributed by atoms with Crippen molar-refractivity contribution in [3.8, 4) is 11.3 Å². The Morgan fingerprint density at radius 2 is 2.00 bits per heavy atom. The van der Waals surface area contributed by atoms with Crippen molar-refractivity contribution in [2.45, 2.75) is 20.3 Å². The van der Waals surface area contributed by atoms with Gasteiger partial charge in [-0.1, -0.05) is 28.1 Å². The molecule has 1 N–H and O–H groups in total. The number of nitrogens with one attached hydrogen (secondary N) is 1. The number of aryl methyl sites for hydroxylation is 1. The minimum absolute atomic E-state index is 0.0273. The van der Waals surface area contributed by atoms with Crippen molar-refractivity contribution in [3.05, 3.63) is 52.0 Å². The van der Waals surface area contributed by atoms with Crippen molar-refractivity contribution in [2.24, 2.45) is 0 Å². The number of Topliss-reactive ketones (excluding diaryl/α,β-unsaturated/α-hetero) is 1. The van der Waals surface area contributed by atoms with Crippen LogP contribution < -0.4 is 5.32 Å². The smallest absolute Gasteiger partial charge is 0.261 e. The van der Waals surface area contributed by atoms with Crippen LogP contribution in [0.5, 0.6) is 0 Å². The van der Waals surface area contributed by atoms with Gasteiger partial charge in [0.25, 0.3) is 5.91 Å². The highest BCUT2D eigenvalue weighted by Gasteiger charge is 2.18. The second-order valence-corrected chi connectivity index (χ2v) is 7.10. The number of halogens is 1. The van der Waals surface area contributed by atoms with Gasteiger partial charge in [0.2, 0.25) is 5.13 Å². The molecule has 1 amide bonds. The molecule has 0 saturated heterocycles. The van der Waals surface area contributed by atoms with Crippen LogP contribution in [0.3, 0.4) is 0 Å². The van der Waals surface area contributed by atoms with E-state index in [0.717, 1.165) is 21.6 Å². The predicted octanol–water partition coefficient (Wildman–Crippen LogP) is 4.25. The number of anilines is 1.